The van der Waals surface area contributed by atoms with E-state index in [9.17, 15) is 0 Å². The van der Waals surface area contributed by atoms with E-state index in [0.29, 0.717) is 6.10 Å². The van der Waals surface area contributed by atoms with E-state index < -0.39 is 0 Å². The van der Waals surface area contributed by atoms with Gasteiger partial charge in [-0.1, -0.05) is 30.3 Å². The van der Waals surface area contributed by atoms with Gasteiger partial charge in [0.15, 0.2) is 0 Å². The third-order valence-electron chi connectivity index (χ3n) is 2.91. The van der Waals surface area contributed by atoms with Crippen LogP contribution in [0, 0.1) is 0 Å². The molecule has 1 saturated heterocycles. The number of ether oxygens (including phenoxy) is 1. The normalized spacial score (nSPS) is 20.3. The van der Waals surface area contributed by atoms with Crippen LogP contribution in [-0.4, -0.2) is 37.8 Å². The Hall–Kier alpha value is -0.860. The molecule has 0 aromatic heterocycles. The second-order valence-electron chi connectivity index (χ2n) is 5.05. The van der Waals surface area contributed by atoms with Crippen LogP contribution in [0.5, 0.6) is 0 Å². The van der Waals surface area contributed by atoms with Gasteiger partial charge in [-0.05, 0) is 0 Å². The van der Waals surface area contributed by atoms with E-state index in [2.05, 4.69) is 44.4 Å². The summed E-state index contributed by atoms with van der Waals surface area (Å²) in [5.74, 6) is 0. The highest BCUT2D eigenvalue weighted by atomic mass is 16.6. The fourth-order valence-electron chi connectivity index (χ4n) is 1.88. The van der Waals surface area contributed by atoms with Gasteiger partial charge in [0.05, 0.1) is 33.4 Å². The van der Waals surface area contributed by atoms with E-state index in [4.69, 9.17) is 4.74 Å². The largest absolute Gasteiger partial charge is 0.373 e. The lowest BCUT2D eigenvalue weighted by atomic mass is 10.2. The molecule has 0 radical (unpaired) electrons. The van der Waals surface area contributed by atoms with Crippen molar-refractivity contribution in [2.75, 3.05) is 27.2 Å². The van der Waals surface area contributed by atoms with Crippen molar-refractivity contribution in [2.24, 2.45) is 0 Å². The molecule has 0 amide bonds. The molecule has 2 heteroatoms. The molecule has 0 spiro atoms. The van der Waals surface area contributed by atoms with Crippen molar-refractivity contribution in [1.29, 1.82) is 0 Å². The number of benzene rings is 1. The Labute approximate surface area is 92.1 Å². The van der Waals surface area contributed by atoms with Gasteiger partial charge in [0.1, 0.15) is 6.54 Å². The monoisotopic (exact) mass is 206 g/mol. The Morgan fingerprint density at radius 3 is 2.53 bits per heavy atom. The first-order chi connectivity index (χ1) is 7.16. The van der Waals surface area contributed by atoms with Crippen molar-refractivity contribution in [3.63, 3.8) is 0 Å². The Bertz CT molecular complexity index is 304. The summed E-state index contributed by atoms with van der Waals surface area (Å²) >= 11 is 0. The lowest BCUT2D eigenvalue weighted by Crippen LogP contribution is -2.40. The standard InChI is InChI=1S/C13H20NO/c1-14(2,9-8-13-11-15-13)10-12-6-4-3-5-7-12/h3-7,13H,8-11H2,1-2H3/q+1. The van der Waals surface area contributed by atoms with E-state index in [-0.39, 0.29) is 0 Å². The minimum Gasteiger partial charge on any atom is -0.373 e. The van der Waals surface area contributed by atoms with Crippen LogP contribution in [0.15, 0.2) is 30.3 Å². The second-order valence-corrected chi connectivity index (χ2v) is 5.05. The first-order valence-electron chi connectivity index (χ1n) is 5.63. The molecule has 1 aromatic rings. The molecule has 1 unspecified atom stereocenters. The molecule has 1 fully saturated rings. The van der Waals surface area contributed by atoms with Gasteiger partial charge in [-0.25, -0.2) is 0 Å². The number of rotatable bonds is 5. The maximum Gasteiger partial charge on any atom is 0.104 e. The zero-order valence-electron chi connectivity index (χ0n) is 9.65. The fourth-order valence-corrected chi connectivity index (χ4v) is 1.88. The molecular formula is C13H20NO+. The molecule has 1 heterocycles. The molecule has 1 atom stereocenters. The minimum atomic E-state index is 0.554. The Morgan fingerprint density at radius 2 is 1.93 bits per heavy atom. The Kier molecular flexibility index (Phi) is 3.08. The highest BCUT2D eigenvalue weighted by molar-refractivity contribution is 5.13. The molecule has 0 aliphatic carbocycles. The van der Waals surface area contributed by atoms with E-state index in [0.717, 1.165) is 17.6 Å². The van der Waals surface area contributed by atoms with Crippen LogP contribution in [0.4, 0.5) is 0 Å². The summed E-state index contributed by atoms with van der Waals surface area (Å²) in [4.78, 5) is 0. The van der Waals surface area contributed by atoms with E-state index in [1.165, 1.54) is 18.5 Å². The molecule has 1 aliphatic heterocycles. The average molecular weight is 206 g/mol. The second kappa shape index (κ2) is 4.33. The summed E-state index contributed by atoms with van der Waals surface area (Å²) in [6.45, 7) is 3.28. The van der Waals surface area contributed by atoms with Crippen LogP contribution in [0.25, 0.3) is 0 Å². The van der Waals surface area contributed by atoms with Crippen molar-refractivity contribution in [3.8, 4) is 0 Å². The zero-order chi connectivity index (χ0) is 10.7. The smallest absolute Gasteiger partial charge is 0.104 e. The number of hydrogen-bond donors (Lipinski definition) is 0. The average Bonchev–Trinajstić information content (AvgIpc) is 2.99. The van der Waals surface area contributed by atoms with Gasteiger partial charge in [-0.3, -0.25) is 0 Å². The molecule has 0 N–H and O–H groups in total. The highest BCUT2D eigenvalue weighted by Crippen LogP contribution is 2.17. The lowest BCUT2D eigenvalue weighted by molar-refractivity contribution is -0.903. The van der Waals surface area contributed by atoms with Gasteiger partial charge in [0.2, 0.25) is 0 Å². The van der Waals surface area contributed by atoms with E-state index in [1.807, 2.05) is 0 Å². The van der Waals surface area contributed by atoms with E-state index >= 15 is 0 Å². The maximum absolute atomic E-state index is 5.24. The molecule has 1 aliphatic rings. The molecule has 0 bridgehead atoms. The van der Waals surface area contributed by atoms with Crippen LogP contribution in [0.3, 0.4) is 0 Å². The van der Waals surface area contributed by atoms with Crippen molar-refractivity contribution in [2.45, 2.75) is 19.1 Å². The number of quaternary nitrogens is 1. The summed E-state index contributed by atoms with van der Waals surface area (Å²) in [5, 5.41) is 0. The van der Waals surface area contributed by atoms with Gasteiger partial charge in [-0.15, -0.1) is 0 Å². The van der Waals surface area contributed by atoms with Crippen molar-refractivity contribution >= 4 is 0 Å². The summed E-state index contributed by atoms with van der Waals surface area (Å²) in [6, 6.07) is 10.7. The topological polar surface area (TPSA) is 12.5 Å². The van der Waals surface area contributed by atoms with Crippen LogP contribution >= 0.6 is 0 Å². The number of epoxide rings is 1. The molecule has 1 aromatic carbocycles. The zero-order valence-corrected chi connectivity index (χ0v) is 9.65. The first kappa shape index (κ1) is 10.7. The van der Waals surface area contributed by atoms with Gasteiger partial charge in [0.25, 0.3) is 0 Å². The molecule has 15 heavy (non-hydrogen) atoms. The van der Waals surface area contributed by atoms with Crippen LogP contribution in [-0.2, 0) is 11.3 Å². The van der Waals surface area contributed by atoms with Crippen LogP contribution < -0.4 is 0 Å². The Balaban J connectivity index is 1.85. The lowest BCUT2D eigenvalue weighted by Gasteiger charge is -2.29. The van der Waals surface area contributed by atoms with Gasteiger partial charge < -0.3 is 9.22 Å². The summed E-state index contributed by atoms with van der Waals surface area (Å²) in [6.07, 6.45) is 1.75. The molecule has 2 nitrogen and oxygen atoms in total. The van der Waals surface area contributed by atoms with Gasteiger partial charge >= 0.3 is 0 Å². The summed E-state index contributed by atoms with van der Waals surface area (Å²) in [7, 11) is 4.57. The first-order valence-corrected chi connectivity index (χ1v) is 5.63. The maximum atomic E-state index is 5.24. The highest BCUT2D eigenvalue weighted by Gasteiger charge is 2.26. The third-order valence-corrected chi connectivity index (χ3v) is 2.91. The summed E-state index contributed by atoms with van der Waals surface area (Å²) in [5.41, 5.74) is 1.42. The van der Waals surface area contributed by atoms with E-state index in [1.54, 1.807) is 0 Å². The number of hydrogen-bond acceptors (Lipinski definition) is 1. The Morgan fingerprint density at radius 1 is 1.27 bits per heavy atom. The third kappa shape index (κ3) is 3.65. The SMILES string of the molecule is C[N+](C)(CCC1CO1)Cc1ccccc1. The molecule has 82 valence electrons. The summed E-state index contributed by atoms with van der Waals surface area (Å²) < 4.78 is 6.29. The van der Waals surface area contributed by atoms with Gasteiger partial charge in [-0.2, -0.15) is 0 Å². The van der Waals surface area contributed by atoms with Crippen molar-refractivity contribution in [3.05, 3.63) is 35.9 Å². The van der Waals surface area contributed by atoms with Crippen molar-refractivity contribution < 1.29 is 9.22 Å². The molecular weight excluding hydrogens is 186 g/mol. The van der Waals surface area contributed by atoms with Crippen LogP contribution in [0.1, 0.15) is 12.0 Å². The predicted molar refractivity (Wildman–Crippen MR) is 61.5 cm³/mol. The van der Waals surface area contributed by atoms with Crippen LogP contribution in [0.2, 0.25) is 0 Å². The molecule has 2 rings (SSSR count). The predicted octanol–water partition coefficient (Wildman–Crippen LogP) is 2.05. The minimum absolute atomic E-state index is 0.554. The van der Waals surface area contributed by atoms with Gasteiger partial charge in [0, 0.05) is 12.0 Å². The van der Waals surface area contributed by atoms with Crippen molar-refractivity contribution in [1.82, 2.24) is 0 Å². The fraction of sp³-hybridized carbons (Fsp3) is 0.538. The quantitative estimate of drug-likeness (QED) is 0.530. The number of nitrogens with zero attached hydrogens (tertiary/aromatic N) is 1. The molecule has 0 saturated carbocycles.